The minimum atomic E-state index is -1.23. The topological polar surface area (TPSA) is 53.3 Å². The van der Waals surface area contributed by atoms with E-state index in [1.54, 1.807) is 0 Å². The summed E-state index contributed by atoms with van der Waals surface area (Å²) >= 11 is 3.48. The van der Waals surface area contributed by atoms with E-state index >= 15 is 0 Å². The second kappa shape index (κ2) is 3.81. The average Bonchev–Trinajstić information content (AvgIpc) is 3.04. The second-order valence-electron chi connectivity index (χ2n) is 5.27. The molecule has 96 valence electrons. The molecule has 1 aromatic rings. The zero-order chi connectivity index (χ0) is 13.0. The molecular formula is C14H16BrNO2. The molecule has 0 bridgehead atoms. The van der Waals surface area contributed by atoms with Crippen molar-refractivity contribution in [3.63, 3.8) is 0 Å². The van der Waals surface area contributed by atoms with Crippen LogP contribution in [0.15, 0.2) is 22.7 Å². The van der Waals surface area contributed by atoms with Gasteiger partial charge in [0.15, 0.2) is 5.60 Å². The average molecular weight is 310 g/mol. The first-order valence-electron chi connectivity index (χ1n) is 6.26. The maximum atomic E-state index is 10.8. The molecule has 18 heavy (non-hydrogen) atoms. The number of halogens is 1. The predicted octanol–water partition coefficient (Wildman–Crippen LogP) is 3.09. The van der Waals surface area contributed by atoms with Gasteiger partial charge in [-0.1, -0.05) is 22.0 Å². The van der Waals surface area contributed by atoms with Crippen molar-refractivity contribution in [2.75, 3.05) is 6.61 Å². The molecular weight excluding hydrogens is 294 g/mol. The molecule has 0 heterocycles. The third-order valence-corrected chi connectivity index (χ3v) is 4.60. The molecule has 0 saturated heterocycles. The third kappa shape index (κ3) is 1.55. The molecule has 1 fully saturated rings. The summed E-state index contributed by atoms with van der Waals surface area (Å²) in [5, 5.41) is 18.8. The predicted molar refractivity (Wildman–Crippen MR) is 72.9 cm³/mol. The molecule has 1 aromatic carbocycles. The van der Waals surface area contributed by atoms with E-state index in [4.69, 9.17) is 10.1 Å². The fourth-order valence-electron chi connectivity index (χ4n) is 3.06. The Morgan fingerprint density at radius 2 is 2.17 bits per heavy atom. The Morgan fingerprint density at radius 1 is 1.44 bits per heavy atom. The summed E-state index contributed by atoms with van der Waals surface area (Å²) < 4.78 is 6.29. The van der Waals surface area contributed by atoms with Gasteiger partial charge in [0.05, 0.1) is 6.61 Å². The monoisotopic (exact) mass is 309 g/mol. The summed E-state index contributed by atoms with van der Waals surface area (Å²) in [4.78, 5) is 0. The van der Waals surface area contributed by atoms with Gasteiger partial charge in [-0.2, -0.15) is 0 Å². The normalized spacial score (nSPS) is 27.1. The van der Waals surface area contributed by atoms with Gasteiger partial charge < -0.3 is 9.84 Å². The molecule has 1 saturated carbocycles. The molecule has 1 unspecified atom stereocenters. The number of rotatable bonds is 2. The fourth-order valence-corrected chi connectivity index (χ4v) is 3.42. The first kappa shape index (κ1) is 12.2. The molecule has 2 aliphatic rings. The standard InChI is InChI=1S/C14H16BrNO2/c1-2-18-12(16)14(17)8-13(5-6-13)11-7-9(15)3-4-10(11)14/h3-4,7,16-17H,2,5-6,8H2,1H3. The van der Waals surface area contributed by atoms with E-state index in [1.807, 2.05) is 19.1 Å². The SMILES string of the molecule is CCOC(=N)C1(O)CC2(CC2)c2cc(Br)ccc21. The molecule has 0 aromatic heterocycles. The largest absolute Gasteiger partial charge is 0.479 e. The Hall–Kier alpha value is -0.870. The first-order chi connectivity index (χ1) is 8.52. The highest BCUT2D eigenvalue weighted by Crippen LogP contribution is 2.62. The number of nitrogens with one attached hydrogen (secondary N) is 1. The minimum Gasteiger partial charge on any atom is -0.479 e. The van der Waals surface area contributed by atoms with Crippen LogP contribution >= 0.6 is 15.9 Å². The summed E-state index contributed by atoms with van der Waals surface area (Å²) in [6, 6.07) is 5.92. The van der Waals surface area contributed by atoms with Crippen LogP contribution in [-0.4, -0.2) is 17.6 Å². The van der Waals surface area contributed by atoms with E-state index in [1.165, 1.54) is 5.56 Å². The van der Waals surface area contributed by atoms with Crippen LogP contribution < -0.4 is 0 Å². The third-order valence-electron chi connectivity index (χ3n) is 4.11. The minimum absolute atomic E-state index is 0.0163. The number of hydrogen-bond acceptors (Lipinski definition) is 3. The zero-order valence-electron chi connectivity index (χ0n) is 10.3. The van der Waals surface area contributed by atoms with Gasteiger partial charge in [-0.3, -0.25) is 5.41 Å². The van der Waals surface area contributed by atoms with E-state index in [0.29, 0.717) is 13.0 Å². The summed E-state index contributed by atoms with van der Waals surface area (Å²) in [5.74, 6) is -0.0163. The lowest BCUT2D eigenvalue weighted by Gasteiger charge is -2.24. The second-order valence-corrected chi connectivity index (χ2v) is 6.19. The van der Waals surface area contributed by atoms with Crippen LogP contribution in [0.1, 0.15) is 37.3 Å². The van der Waals surface area contributed by atoms with Gasteiger partial charge in [-0.15, -0.1) is 0 Å². The molecule has 0 amide bonds. The highest BCUT2D eigenvalue weighted by Gasteiger charge is 2.60. The van der Waals surface area contributed by atoms with Crippen molar-refractivity contribution in [1.82, 2.24) is 0 Å². The van der Waals surface area contributed by atoms with E-state index in [-0.39, 0.29) is 11.3 Å². The molecule has 1 spiro atoms. The van der Waals surface area contributed by atoms with Crippen molar-refractivity contribution in [3.8, 4) is 0 Å². The smallest absolute Gasteiger partial charge is 0.218 e. The summed E-state index contributed by atoms with van der Waals surface area (Å²) in [5.41, 5.74) is 0.880. The van der Waals surface area contributed by atoms with Crippen molar-refractivity contribution in [2.45, 2.75) is 37.2 Å². The van der Waals surface area contributed by atoms with Gasteiger partial charge in [0, 0.05) is 4.47 Å². The lowest BCUT2D eigenvalue weighted by Crippen LogP contribution is -2.35. The Balaban J connectivity index is 2.09. The highest BCUT2D eigenvalue weighted by atomic mass is 79.9. The number of hydrogen-bond donors (Lipinski definition) is 2. The molecule has 4 heteroatoms. The van der Waals surface area contributed by atoms with Gasteiger partial charge in [0.2, 0.25) is 5.90 Å². The van der Waals surface area contributed by atoms with Gasteiger partial charge in [0.1, 0.15) is 0 Å². The van der Waals surface area contributed by atoms with E-state index in [9.17, 15) is 5.11 Å². The van der Waals surface area contributed by atoms with E-state index in [0.717, 1.165) is 22.9 Å². The Kier molecular flexibility index (Phi) is 2.58. The quantitative estimate of drug-likeness (QED) is 0.651. The van der Waals surface area contributed by atoms with Crippen molar-refractivity contribution in [2.24, 2.45) is 0 Å². The summed E-state index contributed by atoms with van der Waals surface area (Å²) in [7, 11) is 0. The van der Waals surface area contributed by atoms with Crippen LogP contribution in [0.2, 0.25) is 0 Å². The van der Waals surface area contributed by atoms with Crippen LogP contribution in [0.5, 0.6) is 0 Å². The molecule has 0 aliphatic heterocycles. The Labute approximate surface area is 115 Å². The van der Waals surface area contributed by atoms with E-state index in [2.05, 4.69) is 22.0 Å². The van der Waals surface area contributed by atoms with Crippen LogP contribution in [0.25, 0.3) is 0 Å². The molecule has 0 radical (unpaired) electrons. The highest BCUT2D eigenvalue weighted by molar-refractivity contribution is 9.10. The van der Waals surface area contributed by atoms with E-state index < -0.39 is 5.60 Å². The number of fused-ring (bicyclic) bond motifs is 2. The lowest BCUT2D eigenvalue weighted by atomic mass is 9.94. The Morgan fingerprint density at radius 3 is 2.78 bits per heavy atom. The number of ether oxygens (including phenoxy) is 1. The van der Waals surface area contributed by atoms with Crippen LogP contribution in [0.4, 0.5) is 0 Å². The zero-order valence-corrected chi connectivity index (χ0v) is 11.9. The molecule has 1 atom stereocenters. The van der Waals surface area contributed by atoms with Crippen molar-refractivity contribution >= 4 is 21.8 Å². The van der Waals surface area contributed by atoms with Crippen LogP contribution in [-0.2, 0) is 15.8 Å². The maximum absolute atomic E-state index is 10.8. The molecule has 2 N–H and O–H groups in total. The first-order valence-corrected chi connectivity index (χ1v) is 7.06. The van der Waals surface area contributed by atoms with Crippen LogP contribution in [0.3, 0.4) is 0 Å². The molecule has 3 rings (SSSR count). The number of aliphatic hydroxyl groups is 1. The van der Waals surface area contributed by atoms with Crippen molar-refractivity contribution in [3.05, 3.63) is 33.8 Å². The van der Waals surface area contributed by atoms with Gasteiger partial charge in [-0.25, -0.2) is 0 Å². The number of benzene rings is 1. The Bertz CT molecular complexity index is 525. The van der Waals surface area contributed by atoms with Gasteiger partial charge in [-0.05, 0) is 54.9 Å². The summed E-state index contributed by atoms with van der Waals surface area (Å²) in [6.45, 7) is 2.25. The molecule has 3 nitrogen and oxygen atoms in total. The van der Waals surface area contributed by atoms with Crippen molar-refractivity contribution in [1.29, 1.82) is 5.41 Å². The lowest BCUT2D eigenvalue weighted by molar-refractivity contribution is 0.0712. The summed E-state index contributed by atoms with van der Waals surface area (Å²) in [6.07, 6.45) is 2.78. The van der Waals surface area contributed by atoms with Crippen molar-refractivity contribution < 1.29 is 9.84 Å². The fraction of sp³-hybridized carbons (Fsp3) is 0.500. The molecule has 2 aliphatic carbocycles. The maximum Gasteiger partial charge on any atom is 0.218 e. The van der Waals surface area contributed by atoms with Crippen LogP contribution in [0, 0.1) is 5.41 Å². The van der Waals surface area contributed by atoms with Gasteiger partial charge in [0.25, 0.3) is 0 Å². The van der Waals surface area contributed by atoms with Gasteiger partial charge >= 0.3 is 0 Å².